The van der Waals surface area contributed by atoms with Crippen molar-refractivity contribution in [2.75, 3.05) is 26.2 Å². The first-order valence-electron chi connectivity index (χ1n) is 23.6. The predicted octanol–water partition coefficient (Wildman–Crippen LogP) is 1.21. The molecule has 5 unspecified atom stereocenters. The first-order chi connectivity index (χ1) is 36.6. The minimum Gasteiger partial charge on any atom is 0 e. The van der Waals surface area contributed by atoms with Gasteiger partial charge in [-0.1, -0.05) is 12.5 Å². The molecule has 427 valence electrons. The van der Waals surface area contributed by atoms with E-state index in [1.165, 1.54) is 0 Å². The van der Waals surface area contributed by atoms with E-state index in [1.807, 2.05) is 29.0 Å². The van der Waals surface area contributed by atoms with Crippen molar-refractivity contribution in [3.63, 3.8) is 0 Å². The van der Waals surface area contributed by atoms with Gasteiger partial charge in [0.25, 0.3) is 0 Å². The van der Waals surface area contributed by atoms with Gasteiger partial charge >= 0.3 is 100 Å². The van der Waals surface area contributed by atoms with E-state index in [4.69, 9.17) is 49.3 Å². The summed E-state index contributed by atoms with van der Waals surface area (Å²) >= 11 is 0. The van der Waals surface area contributed by atoms with Crippen LogP contribution in [0.2, 0.25) is 0 Å². The van der Waals surface area contributed by atoms with Crippen molar-refractivity contribution in [2.24, 2.45) is 0 Å². The molecule has 6 atom stereocenters. The van der Waals surface area contributed by atoms with Crippen molar-refractivity contribution in [3.8, 4) is 0 Å². The van der Waals surface area contributed by atoms with Crippen LogP contribution in [0, 0.1) is 20.0 Å². The van der Waals surface area contributed by atoms with Gasteiger partial charge in [0.1, 0.15) is 0 Å². The summed E-state index contributed by atoms with van der Waals surface area (Å²) in [5.74, 6) is -8.12. The molecule has 4 heterocycles. The Bertz CT molecular complexity index is 2310. The molecule has 1 fully saturated rings. The molecule has 78 heavy (non-hydrogen) atoms. The largest absolute Gasteiger partial charge is 0 e. The molecule has 1 radical (unpaired) electrons. The maximum Gasteiger partial charge on any atom is 0 e. The van der Waals surface area contributed by atoms with Gasteiger partial charge in [-0.25, -0.2) is 18.9 Å². The second kappa shape index (κ2) is 40.6. The second-order valence-electron chi connectivity index (χ2n) is 17.4. The van der Waals surface area contributed by atoms with Crippen LogP contribution in [0.5, 0.6) is 0 Å². The molecule has 0 bridgehead atoms. The SMILES string of the molecule is O=C(O)CCC(CC(=O)O)NC(=O)NC(CCCCN(CC(=O)O)Cc1ccccn1)CC(=O)O.O=C(O)CCC(CC(=O)O)NC(=O)NC(CCCC[N@@+]12CC(=O)OC1[n+]1ccccc1C2)CC(=O)O.[C-]#[O+].[C-]#[O+].[C-]#[O+].[Re]. The summed E-state index contributed by atoms with van der Waals surface area (Å²) in [7, 11) is 0. The number of ether oxygens (including phenoxy) is 1. The summed E-state index contributed by atoms with van der Waals surface area (Å²) in [6.07, 6.45) is 3.62. The molecule has 2 aromatic rings. The molecule has 0 aromatic carbocycles. The molecule has 1 saturated heterocycles. The van der Waals surface area contributed by atoms with Gasteiger partial charge in [-0.3, -0.25) is 43.4 Å². The van der Waals surface area contributed by atoms with Crippen molar-refractivity contribution < 1.29 is 132 Å². The third kappa shape index (κ3) is 30.8. The number of pyridine rings is 2. The van der Waals surface area contributed by atoms with Gasteiger partial charge in [0, 0.05) is 82.3 Å². The summed E-state index contributed by atoms with van der Waals surface area (Å²) in [5, 5.41) is 73.0. The van der Waals surface area contributed by atoms with Crippen molar-refractivity contribution in [1.29, 1.82) is 0 Å². The number of carboxylic acids is 7. The third-order valence-electron chi connectivity index (χ3n) is 11.4. The summed E-state index contributed by atoms with van der Waals surface area (Å²) in [6, 6.07) is 6.34. The number of nitrogens with zero attached hydrogens (tertiary/aromatic N) is 4. The zero-order valence-corrected chi connectivity index (χ0v) is 44.9. The molecule has 29 nitrogen and oxygen atoms in total. The average Bonchev–Trinajstić information content (AvgIpc) is 3.84. The fraction of sp³-hybridized carbons (Fsp3) is 0.521. The Balaban J connectivity index is 0. The first kappa shape index (κ1) is 72.5. The topological polar surface area (TPSA) is 449 Å². The smallest absolute Gasteiger partial charge is 0 e. The molecule has 30 heteroatoms. The number of rotatable bonds is 32. The van der Waals surface area contributed by atoms with Crippen LogP contribution in [-0.4, -0.2) is 160 Å². The van der Waals surface area contributed by atoms with E-state index in [1.54, 1.807) is 29.3 Å². The number of hydrogen-bond acceptors (Lipinski definition) is 13. The number of carbonyl (C=O) groups excluding carboxylic acids is 3. The van der Waals surface area contributed by atoms with Gasteiger partial charge in [-0.05, 0) is 69.7 Å². The zero-order valence-electron chi connectivity index (χ0n) is 42.2. The fourth-order valence-corrected chi connectivity index (χ4v) is 8.32. The van der Waals surface area contributed by atoms with Gasteiger partial charge in [-0.15, -0.1) is 4.57 Å². The minimum absolute atomic E-state index is 0. The number of urea groups is 2. The molecule has 0 spiro atoms. The van der Waals surface area contributed by atoms with Crippen LogP contribution in [0.15, 0.2) is 48.8 Å². The second-order valence-corrected chi connectivity index (χ2v) is 17.4. The summed E-state index contributed by atoms with van der Waals surface area (Å²) in [6.45, 7) is 15.6. The number of carbonyl (C=O) groups is 10. The number of carboxylic acid groups (broad SMARTS) is 7. The van der Waals surface area contributed by atoms with Crippen LogP contribution in [0.3, 0.4) is 0 Å². The van der Waals surface area contributed by atoms with Crippen LogP contribution >= 0.6 is 0 Å². The van der Waals surface area contributed by atoms with Crippen LogP contribution in [0.25, 0.3) is 0 Å². The van der Waals surface area contributed by atoms with Gasteiger partial charge in [0.15, 0.2) is 19.3 Å². The molecule has 0 saturated carbocycles. The van der Waals surface area contributed by atoms with Crippen molar-refractivity contribution in [3.05, 3.63) is 80.1 Å². The van der Waals surface area contributed by atoms with E-state index < -0.39 is 97.2 Å². The Hall–Kier alpha value is -7.60. The van der Waals surface area contributed by atoms with Gasteiger partial charge in [0.2, 0.25) is 5.69 Å². The number of hydrogen-bond donors (Lipinski definition) is 11. The fourth-order valence-electron chi connectivity index (χ4n) is 8.32. The van der Waals surface area contributed by atoms with Crippen molar-refractivity contribution >= 4 is 59.8 Å². The molecule has 4 rings (SSSR count). The third-order valence-corrected chi connectivity index (χ3v) is 11.4. The Labute approximate surface area is 461 Å². The molecular weight excluding hydrogens is 1210 g/mol. The maximum atomic E-state index is 12.4. The number of amides is 4. The van der Waals surface area contributed by atoms with E-state index in [9.17, 15) is 53.1 Å². The first-order valence-corrected chi connectivity index (χ1v) is 23.6. The Kier molecular flexibility index (Phi) is 37.8. The van der Waals surface area contributed by atoms with E-state index >= 15 is 0 Å². The number of aromatic nitrogens is 2. The number of nitrogens with one attached hydrogen (secondary N) is 4. The summed E-state index contributed by atoms with van der Waals surface area (Å²) < 4.78 is 30.5. The molecule has 2 aliphatic heterocycles. The van der Waals surface area contributed by atoms with Crippen molar-refractivity contribution in [1.82, 2.24) is 31.2 Å². The zero-order chi connectivity index (χ0) is 58.5. The number of quaternary nitrogens is 1. The standard InChI is InChI=1S/C23H30N4O9.C22H32N4O9.3CO.Re/c28-18(29)8-7-16(12-20(32)33)25-22(35)24-15(11-19(30)31)5-2-4-10-27-13-17-6-1-3-9-26(17)23(27)36-21(34)14-27;27-18(28)8-7-16(12-20(31)32)25-22(35)24-15(11-19(29)30)5-2-4-10-26(14-21(33)34)13-17-6-1-3-9-23-17;3*1-2;/h1,3,6,9,15-16,23H,2,4-5,7-8,10-14H2,(H3-2,24,25,28,29,30,31,32,33,35);1,3,6,9,15-16H,2,4-5,7-8,10-14H2,(H,27,28)(H,29,30)(H,31,32)(H,33,34)(H2,24,25,35);;;;/p+2/t15?,16?,23?,27-;;;;;/m1...../s1. The van der Waals surface area contributed by atoms with Crippen molar-refractivity contribution in [2.45, 2.75) is 134 Å². The maximum absolute atomic E-state index is 12.4. The Morgan fingerprint density at radius 1 is 0.615 bits per heavy atom. The van der Waals surface area contributed by atoms with Crippen LogP contribution in [0.1, 0.15) is 108 Å². The molecule has 2 aliphatic rings. The molecule has 11 N–H and O–H groups in total. The van der Waals surface area contributed by atoms with E-state index in [0.717, 1.165) is 11.4 Å². The normalized spacial score (nSPS) is 15.6. The Morgan fingerprint density at radius 3 is 1.49 bits per heavy atom. The van der Waals surface area contributed by atoms with Gasteiger partial charge in [-0.2, -0.15) is 0 Å². The van der Waals surface area contributed by atoms with Crippen LogP contribution in [0.4, 0.5) is 9.59 Å². The number of aliphatic carboxylic acids is 7. The monoisotopic (exact) mass is 1280 g/mol. The molecule has 4 amide bonds. The quantitative estimate of drug-likeness (QED) is 0.0122. The number of unbranched alkanes of at least 4 members (excludes halogenated alkanes) is 2. The summed E-state index contributed by atoms with van der Waals surface area (Å²) in [5.41, 5.74) is 1.78. The van der Waals surface area contributed by atoms with E-state index in [-0.39, 0.29) is 78.0 Å². The van der Waals surface area contributed by atoms with Crippen LogP contribution < -0.4 is 25.8 Å². The Morgan fingerprint density at radius 2 is 1.06 bits per heavy atom. The molecule has 0 aliphatic carbocycles. The van der Waals surface area contributed by atoms with Gasteiger partial charge < -0.3 is 61.7 Å². The van der Waals surface area contributed by atoms with Crippen LogP contribution in [-0.2, 0) is 90.6 Å². The molecular formula is C48H64N8O21Re+2. The minimum atomic E-state index is -1.21. The van der Waals surface area contributed by atoms with Gasteiger partial charge in [0.05, 0.1) is 44.5 Å². The van der Waals surface area contributed by atoms with E-state index in [2.05, 4.69) is 46.2 Å². The summed E-state index contributed by atoms with van der Waals surface area (Å²) in [4.78, 5) is 120. The average molecular weight is 1280 g/mol. The number of fused-ring (bicyclic) bond motifs is 3. The van der Waals surface area contributed by atoms with E-state index in [0.29, 0.717) is 69.2 Å². The molecule has 2 aromatic heterocycles. The number of esters is 1. The predicted molar refractivity (Wildman–Crippen MR) is 253 cm³/mol.